The second-order valence-corrected chi connectivity index (χ2v) is 9.73. The number of aromatic amines is 1. The highest BCUT2D eigenvalue weighted by Gasteiger charge is 2.57. The van der Waals surface area contributed by atoms with Crippen molar-refractivity contribution in [2.45, 2.75) is 24.3 Å². The number of nitrogens with zero attached hydrogens (tertiary/aromatic N) is 1. The first-order valence-corrected chi connectivity index (χ1v) is 11.6. The summed E-state index contributed by atoms with van der Waals surface area (Å²) in [6.45, 7) is -4.31. The van der Waals surface area contributed by atoms with E-state index in [0.717, 1.165) is 0 Å². The van der Waals surface area contributed by atoms with Crippen LogP contribution in [0.2, 0.25) is 0 Å². The number of hydrogen-bond acceptors (Lipinski definition) is 11. The van der Waals surface area contributed by atoms with Crippen molar-refractivity contribution >= 4 is 23.5 Å². The topological polar surface area (TPSA) is 264 Å². The van der Waals surface area contributed by atoms with E-state index in [1.165, 1.54) is 0 Å². The molecule has 2 heterocycles. The number of aliphatic hydroxyl groups is 2. The predicted molar refractivity (Wildman–Crippen MR) is 87.1 cm³/mol. The maximum Gasteiger partial charge on any atom is 0.490 e. The minimum Gasteiger partial charge on any atom is -0.385 e. The van der Waals surface area contributed by atoms with Crippen LogP contribution in [-0.2, 0) is 31.6 Å². The van der Waals surface area contributed by atoms with Gasteiger partial charge in [-0.1, -0.05) is 0 Å². The highest BCUT2D eigenvalue weighted by molar-refractivity contribution is 7.66. The molecule has 1 aliphatic rings. The van der Waals surface area contributed by atoms with Gasteiger partial charge in [0.15, 0.2) is 6.23 Å². The molecule has 1 aromatic rings. The van der Waals surface area contributed by atoms with Crippen molar-refractivity contribution < 1.29 is 68.5 Å². The molecule has 0 aromatic carbocycles. The average molecular weight is 504 g/mol. The fourth-order valence-corrected chi connectivity index (χ4v) is 4.92. The van der Waals surface area contributed by atoms with Gasteiger partial charge in [0.25, 0.3) is 11.4 Å². The highest BCUT2D eigenvalue weighted by atomic mass is 31.3. The van der Waals surface area contributed by atoms with Crippen LogP contribution in [0.1, 0.15) is 8.97 Å². The van der Waals surface area contributed by atoms with Crippen LogP contribution in [0.4, 0.5) is 4.39 Å². The predicted octanol–water partition coefficient (Wildman–Crippen LogP) is -2.20. The lowest BCUT2D eigenvalue weighted by molar-refractivity contribution is -0.204. The molecule has 17 nitrogen and oxygen atoms in total. The number of halogens is 1. The molecule has 1 aromatic heterocycles. The van der Waals surface area contributed by atoms with Crippen LogP contribution in [0.5, 0.6) is 0 Å². The Balaban J connectivity index is 2.33. The van der Waals surface area contributed by atoms with Crippen LogP contribution in [0.25, 0.3) is 0 Å². The zero-order chi connectivity index (χ0) is 24.9. The summed E-state index contributed by atoms with van der Waals surface area (Å²) in [6, 6.07) is 0.711. The fourth-order valence-electron chi connectivity index (χ4n) is 2.04. The maximum absolute atomic E-state index is 15.2. The number of phosphoric acid groups is 3. The quantitative estimate of drug-likeness (QED) is 0.185. The Labute approximate surface area is 166 Å². The van der Waals surface area contributed by atoms with Gasteiger partial charge in [0.05, 0.1) is 2.74 Å². The molecule has 172 valence electrons. The molecule has 21 heteroatoms. The second kappa shape index (κ2) is 8.44. The summed E-state index contributed by atoms with van der Waals surface area (Å²) in [5, 5.41) is 19.9. The zero-order valence-electron chi connectivity index (χ0n) is 15.9. The number of phosphoric ester groups is 1. The summed E-state index contributed by atoms with van der Waals surface area (Å²) in [5.41, 5.74) is -2.22. The Kier molecular flexibility index (Phi) is 6.22. The summed E-state index contributed by atoms with van der Waals surface area (Å²) < 4.78 is 79.1. The molecule has 0 saturated carbocycles. The number of aromatic nitrogens is 2. The largest absolute Gasteiger partial charge is 0.490 e. The molecular formula is C9H14FN2O15P3. The Hall–Kier alpha value is -1.10. The lowest BCUT2D eigenvalue weighted by Gasteiger charge is -2.24. The van der Waals surface area contributed by atoms with E-state index in [4.69, 9.17) is 17.4 Å². The Bertz CT molecular complexity index is 1140. The van der Waals surface area contributed by atoms with Gasteiger partial charge in [0.1, 0.15) is 18.8 Å². The molecule has 0 amide bonds. The van der Waals surface area contributed by atoms with E-state index in [-0.39, 0.29) is 0 Å². The fraction of sp³-hybridized carbons (Fsp3) is 0.556. The summed E-state index contributed by atoms with van der Waals surface area (Å²) in [5.74, 6) is -4.27. The van der Waals surface area contributed by atoms with Gasteiger partial charge in [-0.2, -0.15) is 8.62 Å². The lowest BCUT2D eigenvalue weighted by Crippen LogP contribution is -2.43. The molecule has 1 aliphatic heterocycles. The third-order valence-electron chi connectivity index (χ3n) is 3.13. The van der Waals surface area contributed by atoms with E-state index < -0.39 is 65.6 Å². The number of hydrogen-bond donors (Lipinski definition) is 7. The van der Waals surface area contributed by atoms with E-state index >= 15 is 4.39 Å². The molecule has 0 radical (unpaired) electrons. The van der Waals surface area contributed by atoms with Gasteiger partial charge in [-0.25, -0.2) is 22.9 Å². The van der Waals surface area contributed by atoms with Crippen molar-refractivity contribution in [3.8, 4) is 0 Å². The lowest BCUT2D eigenvalue weighted by atomic mass is 10.1. The van der Waals surface area contributed by atoms with Crippen molar-refractivity contribution in [2.24, 2.45) is 0 Å². The summed E-state index contributed by atoms with van der Waals surface area (Å²) in [4.78, 5) is 59.9. The van der Waals surface area contributed by atoms with Gasteiger partial charge in [-0.15, -0.1) is 0 Å². The molecule has 30 heavy (non-hydrogen) atoms. The van der Waals surface area contributed by atoms with Gasteiger partial charge in [-0.05, 0) is 0 Å². The van der Waals surface area contributed by atoms with Crippen LogP contribution in [0, 0.1) is 0 Å². The third kappa shape index (κ3) is 6.21. The number of rotatable bonds is 8. The van der Waals surface area contributed by atoms with Crippen molar-refractivity contribution in [1.82, 2.24) is 9.55 Å². The molecule has 6 atom stereocenters. The van der Waals surface area contributed by atoms with Crippen LogP contribution >= 0.6 is 23.5 Å². The molecular weight excluding hydrogens is 488 g/mol. The van der Waals surface area contributed by atoms with Crippen LogP contribution < -0.4 is 11.2 Å². The molecule has 0 spiro atoms. The minimum absolute atomic E-state index is 0.317. The standard InChI is InChI=1S/C9H14FN2O15P3/c10-9(3-24-29(20,21)27-30(22,23)26-28(17,18)19)6(15)5(14)7(25-9)12-2-1-4(13)11-8(12)16/h1-2,5-7,14-15H,3H2,(H,20,21)(H,22,23)(H,11,13,16)(H2,17,18,19)/t5-,6+,7-,9-/m1/s1/i3D2. The van der Waals surface area contributed by atoms with E-state index in [1.54, 1.807) is 4.98 Å². The first-order chi connectivity index (χ1) is 14.2. The van der Waals surface area contributed by atoms with Crippen molar-refractivity contribution in [2.75, 3.05) is 6.56 Å². The van der Waals surface area contributed by atoms with E-state index in [2.05, 4.69) is 17.9 Å². The van der Waals surface area contributed by atoms with Crippen molar-refractivity contribution in [1.29, 1.82) is 0 Å². The van der Waals surface area contributed by atoms with E-state index in [1.807, 2.05) is 0 Å². The van der Waals surface area contributed by atoms with Gasteiger partial charge in [0.2, 0.25) is 0 Å². The normalized spacial score (nSPS) is 32.7. The number of nitrogens with one attached hydrogen (secondary N) is 1. The van der Waals surface area contributed by atoms with Crippen molar-refractivity contribution in [3.63, 3.8) is 0 Å². The first-order valence-electron chi connectivity index (χ1n) is 8.09. The van der Waals surface area contributed by atoms with Gasteiger partial charge in [-0.3, -0.25) is 18.9 Å². The van der Waals surface area contributed by atoms with Gasteiger partial charge >= 0.3 is 29.2 Å². The molecule has 2 rings (SSSR count). The molecule has 0 bridgehead atoms. The Morgan fingerprint density at radius 3 is 2.33 bits per heavy atom. The van der Waals surface area contributed by atoms with Gasteiger partial charge < -0.3 is 34.5 Å². The number of alkyl halides is 1. The second-order valence-electron chi connectivity index (χ2n) is 5.39. The molecule has 0 aliphatic carbocycles. The summed E-state index contributed by atoms with van der Waals surface area (Å²) in [6.07, 6.45) is -6.93. The smallest absolute Gasteiger partial charge is 0.385 e. The van der Waals surface area contributed by atoms with Crippen molar-refractivity contribution in [3.05, 3.63) is 33.1 Å². The number of H-pyrrole nitrogens is 1. The molecule has 1 saturated heterocycles. The average Bonchev–Trinajstić information content (AvgIpc) is 2.76. The summed E-state index contributed by atoms with van der Waals surface area (Å²) in [7, 11) is -18.1. The zero-order valence-corrected chi connectivity index (χ0v) is 16.6. The van der Waals surface area contributed by atoms with Gasteiger partial charge in [0, 0.05) is 12.3 Å². The minimum atomic E-state index is -6.26. The SMILES string of the molecule is [2H]C([2H])(OP(=O)(O)OP(=O)(O)OP(=O)(O)O)[C@@]1(F)O[C@@H](n2ccc(=O)[nH]c2=O)[C@H](O)[C@@H]1O. The highest BCUT2D eigenvalue weighted by Crippen LogP contribution is 2.66. The molecule has 2 unspecified atom stereocenters. The third-order valence-corrected chi connectivity index (χ3v) is 6.78. The Morgan fingerprint density at radius 2 is 1.80 bits per heavy atom. The van der Waals surface area contributed by atoms with Crippen LogP contribution in [0.3, 0.4) is 0 Å². The van der Waals surface area contributed by atoms with E-state index in [0.29, 0.717) is 16.8 Å². The molecule has 7 N–H and O–H groups in total. The maximum atomic E-state index is 15.2. The van der Waals surface area contributed by atoms with E-state index in [9.17, 15) is 38.4 Å². The Morgan fingerprint density at radius 1 is 1.20 bits per heavy atom. The first kappa shape index (κ1) is 22.1. The molecule has 1 fully saturated rings. The van der Waals surface area contributed by atoms with Crippen LogP contribution in [-0.4, -0.2) is 64.0 Å². The number of ether oxygens (including phenoxy) is 1. The monoisotopic (exact) mass is 504 g/mol. The number of aliphatic hydroxyl groups excluding tert-OH is 2. The van der Waals surface area contributed by atoms with Crippen LogP contribution in [0.15, 0.2) is 21.9 Å². The summed E-state index contributed by atoms with van der Waals surface area (Å²) >= 11 is 0.